The third-order valence-corrected chi connectivity index (χ3v) is 1.91. The fourth-order valence-electron chi connectivity index (χ4n) is 0.139. The molecule has 0 aliphatic carbocycles. The van der Waals surface area contributed by atoms with Gasteiger partial charge in [-0.3, -0.25) is 0 Å². The van der Waals surface area contributed by atoms with Crippen molar-refractivity contribution in [3.05, 3.63) is 0 Å². The minimum atomic E-state index is -5.05. The molecule has 0 aliphatic heterocycles. The van der Waals surface area contributed by atoms with Gasteiger partial charge >= 0.3 is 42.9 Å². The fraction of sp³-hybridized carbons (Fsp3) is 0. The number of hydrogen-bond donors (Lipinski definition) is 4. The summed E-state index contributed by atoms with van der Waals surface area (Å²) >= 11 is 0. The molecule has 0 aromatic carbocycles. The van der Waals surface area contributed by atoms with Gasteiger partial charge in [0.2, 0.25) is 0 Å². The van der Waals surface area contributed by atoms with Crippen LogP contribution in [0.1, 0.15) is 0 Å². The molecular weight excluding hydrogens is 489 g/mol. The van der Waals surface area contributed by atoms with E-state index in [-0.39, 0.29) is 49.7 Å². The van der Waals surface area contributed by atoms with Crippen LogP contribution in [0.15, 0.2) is 0 Å². The SMILES string of the molecule is O=P(O)(O)OP(=O)(O)O.[Ag].[PbH2]. The summed E-state index contributed by atoms with van der Waals surface area (Å²) in [6.45, 7) is 0. The van der Waals surface area contributed by atoms with Gasteiger partial charge in [-0.2, -0.15) is 4.31 Å². The summed E-state index contributed by atoms with van der Waals surface area (Å²) in [4.78, 5) is 31.0. The van der Waals surface area contributed by atoms with E-state index in [1.807, 2.05) is 0 Å². The standard InChI is InChI=1S/Ag.H4O7P2.Pb.2H/c;1-8(2,3)7-9(4,5)6;;;/h;(H2,1,2,3)(H2,4,5,6);;;. The number of rotatable bonds is 2. The monoisotopic (exact) mass is 495 g/mol. The van der Waals surface area contributed by atoms with Crippen LogP contribution in [-0.4, -0.2) is 46.9 Å². The molecule has 7 nitrogen and oxygen atoms in total. The van der Waals surface area contributed by atoms with Gasteiger partial charge in [0.25, 0.3) is 0 Å². The van der Waals surface area contributed by atoms with Crippen LogP contribution in [0.2, 0.25) is 0 Å². The Morgan fingerprint density at radius 3 is 1.09 bits per heavy atom. The van der Waals surface area contributed by atoms with E-state index in [1.54, 1.807) is 0 Å². The van der Waals surface area contributed by atoms with Gasteiger partial charge in [0.15, 0.2) is 0 Å². The molecule has 11 heteroatoms. The molecule has 0 aromatic rings. The Morgan fingerprint density at radius 2 is 1.09 bits per heavy atom. The molecule has 0 bridgehead atoms. The van der Waals surface area contributed by atoms with Gasteiger partial charge in [-0.1, -0.05) is 0 Å². The predicted octanol–water partition coefficient (Wildman–Crippen LogP) is -1.73. The van der Waals surface area contributed by atoms with Crippen LogP contribution in [-0.2, 0) is 35.8 Å². The van der Waals surface area contributed by atoms with E-state index in [0.717, 1.165) is 0 Å². The zero-order chi connectivity index (χ0) is 7.71. The second-order valence-corrected chi connectivity index (χ2v) is 3.68. The number of hydrogen-bond acceptors (Lipinski definition) is 3. The van der Waals surface area contributed by atoms with Crippen LogP contribution < -0.4 is 0 Å². The van der Waals surface area contributed by atoms with E-state index < -0.39 is 15.6 Å². The van der Waals surface area contributed by atoms with Crippen LogP contribution >= 0.6 is 15.6 Å². The molecular formula is H6AgO7P2Pb. The summed E-state index contributed by atoms with van der Waals surface area (Å²) in [5.41, 5.74) is 0. The van der Waals surface area contributed by atoms with Crippen molar-refractivity contribution in [2.45, 2.75) is 0 Å². The van der Waals surface area contributed by atoms with E-state index in [2.05, 4.69) is 4.31 Å². The molecule has 0 aromatic heterocycles. The number of phosphoric acid groups is 2. The summed E-state index contributed by atoms with van der Waals surface area (Å²) in [7, 11) is -10.1. The van der Waals surface area contributed by atoms with E-state index in [1.165, 1.54) is 0 Å². The van der Waals surface area contributed by atoms with Gasteiger partial charge in [-0.15, -0.1) is 0 Å². The van der Waals surface area contributed by atoms with Crippen LogP contribution in [0.3, 0.4) is 0 Å². The molecule has 0 aliphatic rings. The Labute approximate surface area is 97.7 Å². The Bertz CT molecular complexity index is 157. The third kappa shape index (κ3) is 18.7. The molecule has 4 N–H and O–H groups in total. The van der Waals surface area contributed by atoms with Crippen molar-refractivity contribution < 1.29 is 55.4 Å². The molecule has 0 unspecified atom stereocenters. The third-order valence-electron chi connectivity index (χ3n) is 0.213. The average Bonchev–Trinajstić information content (AvgIpc) is 1.14. The van der Waals surface area contributed by atoms with Gasteiger partial charge in [0, 0.05) is 22.4 Å². The second kappa shape index (κ2) is 6.39. The van der Waals surface area contributed by atoms with Crippen molar-refractivity contribution in [3.8, 4) is 0 Å². The first kappa shape index (κ1) is 18.7. The van der Waals surface area contributed by atoms with Crippen LogP contribution in [0.4, 0.5) is 0 Å². The normalized spacial score (nSPS) is 11.3. The molecule has 0 rings (SSSR count). The molecule has 0 amide bonds. The average molecular weight is 495 g/mol. The summed E-state index contributed by atoms with van der Waals surface area (Å²) in [5, 5.41) is 0. The Balaban J connectivity index is -0.000000320. The summed E-state index contributed by atoms with van der Waals surface area (Å²) < 4.78 is 22.2. The van der Waals surface area contributed by atoms with Crippen molar-refractivity contribution in [1.82, 2.24) is 0 Å². The molecule has 0 spiro atoms. The van der Waals surface area contributed by atoms with Crippen LogP contribution in [0.5, 0.6) is 0 Å². The zero-order valence-electron chi connectivity index (χ0n) is 4.92. The molecule has 3 radical (unpaired) electrons. The summed E-state index contributed by atoms with van der Waals surface area (Å²) in [6.07, 6.45) is 0. The minimum absolute atomic E-state index is 0. The van der Waals surface area contributed by atoms with E-state index in [0.29, 0.717) is 0 Å². The quantitative estimate of drug-likeness (QED) is 0.265. The van der Waals surface area contributed by atoms with Crippen molar-refractivity contribution in [2.75, 3.05) is 0 Å². The first-order chi connectivity index (χ1) is 3.71. The van der Waals surface area contributed by atoms with Gasteiger partial charge < -0.3 is 19.6 Å². The van der Waals surface area contributed by atoms with Crippen molar-refractivity contribution >= 4 is 42.9 Å². The van der Waals surface area contributed by atoms with Gasteiger partial charge in [0.05, 0.1) is 0 Å². The molecule has 73 valence electrons. The summed E-state index contributed by atoms with van der Waals surface area (Å²) in [6, 6.07) is 0. The molecule has 0 heterocycles. The van der Waals surface area contributed by atoms with Crippen molar-refractivity contribution in [1.29, 1.82) is 0 Å². The molecule has 0 saturated heterocycles. The first-order valence-electron chi connectivity index (χ1n) is 1.53. The van der Waals surface area contributed by atoms with Crippen molar-refractivity contribution in [2.24, 2.45) is 0 Å². The van der Waals surface area contributed by atoms with Crippen LogP contribution in [0.25, 0.3) is 0 Å². The van der Waals surface area contributed by atoms with E-state index >= 15 is 0 Å². The predicted molar refractivity (Wildman–Crippen MR) is 33.7 cm³/mol. The van der Waals surface area contributed by atoms with Gasteiger partial charge in [0.1, 0.15) is 0 Å². The Morgan fingerprint density at radius 1 is 0.909 bits per heavy atom. The Hall–Kier alpha value is 1.92. The Kier molecular flexibility index (Phi) is 10.8. The topological polar surface area (TPSA) is 124 Å². The maximum absolute atomic E-state index is 9.63. The molecule has 0 fully saturated rings. The fourth-order valence-corrected chi connectivity index (χ4v) is 1.25. The molecule has 0 atom stereocenters. The maximum atomic E-state index is 9.63. The van der Waals surface area contributed by atoms with E-state index in [9.17, 15) is 9.13 Å². The van der Waals surface area contributed by atoms with Crippen molar-refractivity contribution in [3.63, 3.8) is 0 Å². The van der Waals surface area contributed by atoms with Gasteiger partial charge in [-0.25, -0.2) is 9.13 Å². The first-order valence-corrected chi connectivity index (χ1v) is 4.59. The molecule has 11 heavy (non-hydrogen) atoms. The zero-order valence-corrected chi connectivity index (χ0v) is 13.7. The molecule has 0 saturated carbocycles. The summed E-state index contributed by atoms with van der Waals surface area (Å²) in [5.74, 6) is 0. The van der Waals surface area contributed by atoms with E-state index in [4.69, 9.17) is 19.6 Å². The second-order valence-electron chi connectivity index (χ2n) is 1.06. The van der Waals surface area contributed by atoms with Crippen LogP contribution in [0, 0.1) is 0 Å². The van der Waals surface area contributed by atoms with Gasteiger partial charge in [-0.05, 0) is 0 Å².